The third-order valence-corrected chi connectivity index (χ3v) is 3.31. The van der Waals surface area contributed by atoms with Crippen LogP contribution in [0.3, 0.4) is 0 Å². The molecule has 0 spiro atoms. The summed E-state index contributed by atoms with van der Waals surface area (Å²) in [6.45, 7) is 12.2. The lowest BCUT2D eigenvalue weighted by atomic mass is 9.80. The van der Waals surface area contributed by atoms with Gasteiger partial charge < -0.3 is 19.2 Å². The van der Waals surface area contributed by atoms with Gasteiger partial charge in [-0.1, -0.05) is 53.7 Å². The van der Waals surface area contributed by atoms with Crippen molar-refractivity contribution in [2.75, 3.05) is 0 Å². The quantitative estimate of drug-likeness (QED) is 0.490. The molecule has 1 aromatic carbocycles. The van der Waals surface area contributed by atoms with Crippen LogP contribution in [0.25, 0.3) is 0 Å². The monoisotopic (exact) mass is 384 g/mol. The van der Waals surface area contributed by atoms with Gasteiger partial charge in [0.2, 0.25) is 0 Å². The smallest absolute Gasteiger partial charge is 0.404 e. The van der Waals surface area contributed by atoms with Crippen LogP contribution in [0.5, 0.6) is 5.75 Å². The van der Waals surface area contributed by atoms with Crippen molar-refractivity contribution in [3.63, 3.8) is 0 Å². The van der Waals surface area contributed by atoms with Gasteiger partial charge in [0.25, 0.3) is 0 Å². The molecule has 10 heteroatoms. The number of hydrogen-bond donors (Lipinski definition) is 5. The zero-order valence-corrected chi connectivity index (χ0v) is 16.4. The van der Waals surface area contributed by atoms with Crippen LogP contribution in [-0.4, -0.2) is 24.5 Å². The van der Waals surface area contributed by atoms with Crippen molar-refractivity contribution < 1.29 is 38.1 Å². The fraction of sp³-hybridized carbons (Fsp3) is 0.571. The third-order valence-electron chi connectivity index (χ3n) is 2.87. The topological polar surface area (TPSA) is 145 Å². The highest BCUT2D eigenvalue weighted by Gasteiger charge is 2.26. The molecule has 0 aliphatic rings. The van der Waals surface area contributed by atoms with Crippen LogP contribution >= 0.6 is 15.6 Å². The Hall–Kier alpha value is -0.720. The number of rotatable bonds is 2. The second kappa shape index (κ2) is 7.67. The Morgan fingerprint density at radius 3 is 1.54 bits per heavy atom. The van der Waals surface area contributed by atoms with E-state index < -0.39 is 15.6 Å². The number of phosphoric acid groups is 2. The van der Waals surface area contributed by atoms with E-state index in [-0.39, 0.29) is 16.6 Å². The highest BCUT2D eigenvalue weighted by atomic mass is 31.2. The molecule has 1 aromatic rings. The third kappa shape index (κ3) is 10.2. The second-order valence-corrected chi connectivity index (χ2v) is 9.50. The Balaban J connectivity index is 0.000000922. The molecule has 0 aromatic heterocycles. The molecule has 0 saturated heterocycles. The maximum Gasteiger partial charge on any atom is 0.524 e. The van der Waals surface area contributed by atoms with Crippen molar-refractivity contribution in [2.24, 2.45) is 0 Å². The molecule has 0 unspecified atom stereocenters. The first kappa shape index (κ1) is 23.3. The van der Waals surface area contributed by atoms with Crippen molar-refractivity contribution in [2.45, 2.75) is 52.4 Å². The van der Waals surface area contributed by atoms with Gasteiger partial charge in [-0.3, -0.25) is 9.79 Å². The molecule has 8 nitrogen and oxygen atoms in total. The molecule has 140 valence electrons. The summed E-state index contributed by atoms with van der Waals surface area (Å²) >= 11 is 0. The minimum Gasteiger partial charge on any atom is -0.404 e. The van der Waals surface area contributed by atoms with E-state index in [0.717, 1.165) is 11.1 Å². The molecule has 0 bridgehead atoms. The Labute approximate surface area is 142 Å². The van der Waals surface area contributed by atoms with Gasteiger partial charge >= 0.3 is 15.6 Å². The lowest BCUT2D eigenvalue weighted by molar-refractivity contribution is 0.274. The standard InChI is InChI=1S/C14H23O4P.H3O4P/c1-13(2,3)10-7-8-12(18-19(15,16)17)11(9-10)14(4,5)6;1-5(2,3)4/h7-9H,1-6H3,(H2,15,16,17);(H3,1,2,3,4). The SMILES string of the molecule is CC(C)(C)c1ccc(OP(=O)(O)O)c(C(C)(C)C)c1.O=P(O)(O)O. The summed E-state index contributed by atoms with van der Waals surface area (Å²) in [4.78, 5) is 39.5. The first-order chi connectivity index (χ1) is 10.3. The van der Waals surface area contributed by atoms with Crippen molar-refractivity contribution in [1.29, 1.82) is 0 Å². The van der Waals surface area contributed by atoms with E-state index in [4.69, 9.17) is 33.6 Å². The van der Waals surface area contributed by atoms with Crippen molar-refractivity contribution in [3.8, 4) is 5.75 Å². The van der Waals surface area contributed by atoms with Gasteiger partial charge in [-0.25, -0.2) is 9.13 Å². The fourth-order valence-corrected chi connectivity index (χ4v) is 2.21. The Morgan fingerprint density at radius 2 is 1.25 bits per heavy atom. The summed E-state index contributed by atoms with van der Waals surface area (Å²) in [6.07, 6.45) is 0. The predicted molar refractivity (Wildman–Crippen MR) is 90.8 cm³/mol. The zero-order valence-electron chi connectivity index (χ0n) is 14.6. The van der Waals surface area contributed by atoms with Gasteiger partial charge in [0, 0.05) is 5.56 Å². The fourth-order valence-electron chi connectivity index (χ4n) is 1.79. The molecule has 1 rings (SSSR count). The largest absolute Gasteiger partial charge is 0.524 e. The lowest BCUT2D eigenvalue weighted by Crippen LogP contribution is -2.17. The number of phosphoric ester groups is 1. The molecule has 0 aliphatic heterocycles. The molecule has 0 atom stereocenters. The van der Waals surface area contributed by atoms with Gasteiger partial charge in [0.1, 0.15) is 5.75 Å². The average Bonchev–Trinajstić information content (AvgIpc) is 2.21. The van der Waals surface area contributed by atoms with Crippen LogP contribution in [0.2, 0.25) is 0 Å². The Bertz CT molecular complexity index is 637. The van der Waals surface area contributed by atoms with Crippen LogP contribution in [0.4, 0.5) is 0 Å². The predicted octanol–water partition coefficient (Wildman–Crippen LogP) is 2.82. The molecule has 0 saturated carbocycles. The molecular weight excluding hydrogens is 358 g/mol. The van der Waals surface area contributed by atoms with Gasteiger partial charge in [-0.05, 0) is 22.5 Å². The number of hydrogen-bond acceptors (Lipinski definition) is 3. The maximum absolute atomic E-state index is 11.0. The molecule has 0 amide bonds. The molecule has 0 aliphatic carbocycles. The van der Waals surface area contributed by atoms with Crippen LogP contribution in [-0.2, 0) is 20.0 Å². The van der Waals surface area contributed by atoms with Crippen LogP contribution < -0.4 is 4.52 Å². The normalized spacial score (nSPS) is 13.1. The average molecular weight is 384 g/mol. The van der Waals surface area contributed by atoms with Gasteiger partial charge in [0.05, 0.1) is 0 Å². The van der Waals surface area contributed by atoms with E-state index in [2.05, 4.69) is 20.8 Å². The number of benzene rings is 1. The van der Waals surface area contributed by atoms with Crippen LogP contribution in [0.15, 0.2) is 18.2 Å². The summed E-state index contributed by atoms with van der Waals surface area (Å²) in [5.74, 6) is 0.244. The Kier molecular flexibility index (Phi) is 7.44. The second-order valence-electron chi connectivity index (χ2n) is 7.31. The summed E-state index contributed by atoms with van der Waals surface area (Å²) in [6, 6.07) is 5.45. The summed E-state index contributed by atoms with van der Waals surface area (Å²) in [5.41, 5.74) is 1.62. The molecule has 0 fully saturated rings. The van der Waals surface area contributed by atoms with Crippen molar-refractivity contribution in [1.82, 2.24) is 0 Å². The van der Waals surface area contributed by atoms with Crippen molar-refractivity contribution in [3.05, 3.63) is 29.3 Å². The molecule has 24 heavy (non-hydrogen) atoms. The summed E-state index contributed by atoms with van der Waals surface area (Å²) in [7, 11) is -9.18. The van der Waals surface area contributed by atoms with E-state index >= 15 is 0 Å². The van der Waals surface area contributed by atoms with E-state index in [1.54, 1.807) is 6.07 Å². The molecule has 5 N–H and O–H groups in total. The minimum absolute atomic E-state index is 0.0271. The minimum atomic E-state index is -4.64. The van der Waals surface area contributed by atoms with Gasteiger partial charge in [-0.15, -0.1) is 0 Å². The molecular formula is C14H26O8P2. The van der Waals surface area contributed by atoms with E-state index in [1.165, 1.54) is 0 Å². The first-order valence-electron chi connectivity index (χ1n) is 6.99. The zero-order chi connectivity index (χ0) is 19.6. The summed E-state index contributed by atoms with van der Waals surface area (Å²) < 4.78 is 24.7. The van der Waals surface area contributed by atoms with E-state index in [0.29, 0.717) is 0 Å². The van der Waals surface area contributed by atoms with Crippen molar-refractivity contribution >= 4 is 15.6 Å². The molecule has 0 radical (unpaired) electrons. The highest BCUT2D eigenvalue weighted by Crippen LogP contribution is 2.43. The van der Waals surface area contributed by atoms with E-state index in [1.807, 2.05) is 32.9 Å². The Morgan fingerprint density at radius 1 is 0.833 bits per heavy atom. The van der Waals surface area contributed by atoms with Gasteiger partial charge in [-0.2, -0.15) is 0 Å². The van der Waals surface area contributed by atoms with Gasteiger partial charge in [0.15, 0.2) is 0 Å². The summed E-state index contributed by atoms with van der Waals surface area (Å²) in [5, 5.41) is 0. The lowest BCUT2D eigenvalue weighted by Gasteiger charge is -2.27. The van der Waals surface area contributed by atoms with Crippen LogP contribution in [0.1, 0.15) is 52.7 Å². The highest BCUT2D eigenvalue weighted by molar-refractivity contribution is 7.46. The van der Waals surface area contributed by atoms with Crippen LogP contribution in [0, 0.1) is 0 Å². The van der Waals surface area contributed by atoms with E-state index in [9.17, 15) is 4.57 Å². The first-order valence-corrected chi connectivity index (χ1v) is 10.1. The maximum atomic E-state index is 11.0. The molecule has 0 heterocycles.